The van der Waals surface area contributed by atoms with Crippen molar-refractivity contribution in [3.8, 4) is 17.1 Å². The number of hydrogen-bond donors (Lipinski definition) is 3. The molecule has 9 nitrogen and oxygen atoms in total. The molecule has 2 aromatic carbocycles. The molecule has 4 aromatic rings. The summed E-state index contributed by atoms with van der Waals surface area (Å²) in [6.07, 6.45) is 3.94. The Morgan fingerprint density at radius 3 is 2.62 bits per heavy atom. The minimum Gasteiger partial charge on any atom is -0.493 e. The largest absolute Gasteiger partial charge is 0.493 e. The number of carboxylic acids is 1. The van der Waals surface area contributed by atoms with E-state index in [-0.39, 0.29) is 24.1 Å². The first-order valence-electron chi connectivity index (χ1n) is 13.2. The lowest BCUT2D eigenvalue weighted by atomic mass is 9.80. The number of halogens is 1. The molecule has 3 N–H and O–H groups in total. The van der Waals surface area contributed by atoms with E-state index in [1.807, 2.05) is 54.0 Å². The van der Waals surface area contributed by atoms with Crippen LogP contribution in [0, 0.1) is 12.8 Å². The van der Waals surface area contributed by atoms with Crippen LogP contribution in [0.15, 0.2) is 42.5 Å². The molecular weight excluding hydrogens is 518 g/mol. The molecule has 2 aromatic heterocycles. The zero-order valence-corrected chi connectivity index (χ0v) is 22.8. The average Bonchev–Trinajstić information content (AvgIpc) is 3.23. The Kier molecular flexibility index (Phi) is 7.99. The van der Waals surface area contributed by atoms with Crippen molar-refractivity contribution in [2.24, 2.45) is 5.92 Å². The van der Waals surface area contributed by atoms with Crippen molar-refractivity contribution in [2.75, 3.05) is 18.5 Å². The third-order valence-electron chi connectivity index (χ3n) is 7.21. The molecule has 1 aliphatic rings. The molecule has 2 heterocycles. The molecule has 1 saturated carbocycles. The van der Waals surface area contributed by atoms with Crippen LogP contribution in [-0.2, 0) is 6.54 Å². The summed E-state index contributed by atoms with van der Waals surface area (Å²) in [4.78, 5) is 25.6. The van der Waals surface area contributed by atoms with E-state index in [2.05, 4.69) is 22.2 Å². The van der Waals surface area contributed by atoms with Crippen LogP contribution in [0.2, 0.25) is 5.02 Å². The molecular formula is C29H32ClN5O4. The summed E-state index contributed by atoms with van der Waals surface area (Å²) >= 11 is 6.15. The lowest BCUT2D eigenvalue weighted by Gasteiger charge is -2.32. The molecule has 1 aliphatic carbocycles. The van der Waals surface area contributed by atoms with E-state index >= 15 is 0 Å². The maximum absolute atomic E-state index is 12.0. The molecule has 0 aliphatic heterocycles. The van der Waals surface area contributed by atoms with Crippen LogP contribution >= 0.6 is 11.6 Å². The van der Waals surface area contributed by atoms with Crippen molar-refractivity contribution >= 4 is 34.6 Å². The van der Waals surface area contributed by atoms with Crippen LogP contribution in [0.5, 0.6) is 5.75 Å². The van der Waals surface area contributed by atoms with Gasteiger partial charge in [0.15, 0.2) is 11.5 Å². The van der Waals surface area contributed by atoms with Gasteiger partial charge in [0.1, 0.15) is 17.1 Å². The highest BCUT2D eigenvalue weighted by Gasteiger charge is 2.28. The Morgan fingerprint density at radius 1 is 1.18 bits per heavy atom. The molecule has 0 bridgehead atoms. The van der Waals surface area contributed by atoms with E-state index in [1.165, 1.54) is 6.42 Å². The normalized spacial score (nSPS) is 14.3. The van der Waals surface area contributed by atoms with Crippen molar-refractivity contribution in [1.29, 1.82) is 0 Å². The van der Waals surface area contributed by atoms with E-state index in [9.17, 15) is 15.0 Å². The number of aromatic nitrogens is 4. The van der Waals surface area contributed by atoms with E-state index in [4.69, 9.17) is 21.3 Å². The van der Waals surface area contributed by atoms with Gasteiger partial charge in [0.25, 0.3) is 0 Å². The summed E-state index contributed by atoms with van der Waals surface area (Å²) in [5, 5.41) is 23.2. The number of carbonyl (C=O) groups is 1. The minimum absolute atomic E-state index is 0.0258. The number of aliphatic hydroxyl groups excluding tert-OH is 1. The van der Waals surface area contributed by atoms with Crippen molar-refractivity contribution in [3.63, 3.8) is 0 Å². The summed E-state index contributed by atoms with van der Waals surface area (Å²) in [7, 11) is 0. The van der Waals surface area contributed by atoms with Gasteiger partial charge in [-0.15, -0.1) is 0 Å². The number of nitrogens with zero attached hydrogens (tertiary/aromatic N) is 4. The number of aliphatic hydroxyl groups is 1. The number of carboxylic acid groups (broad SMARTS) is 1. The predicted molar refractivity (Wildman–Crippen MR) is 151 cm³/mol. The van der Waals surface area contributed by atoms with Gasteiger partial charge in [0.05, 0.1) is 12.2 Å². The quantitative estimate of drug-likeness (QED) is 0.208. The number of ether oxygens (including phenoxy) is 1. The summed E-state index contributed by atoms with van der Waals surface area (Å²) < 4.78 is 8.05. The molecule has 0 spiro atoms. The smallest absolute Gasteiger partial charge is 0.374 e. The highest BCUT2D eigenvalue weighted by atomic mass is 35.5. The summed E-state index contributed by atoms with van der Waals surface area (Å²) in [6, 6.07) is 13.5. The van der Waals surface area contributed by atoms with E-state index in [0.29, 0.717) is 53.4 Å². The Bertz CT molecular complexity index is 1480. The van der Waals surface area contributed by atoms with E-state index in [0.717, 1.165) is 29.5 Å². The Balaban J connectivity index is 1.72. The van der Waals surface area contributed by atoms with Crippen molar-refractivity contribution in [2.45, 2.75) is 52.1 Å². The molecule has 0 radical (unpaired) electrons. The maximum Gasteiger partial charge on any atom is 0.374 e. The first-order chi connectivity index (χ1) is 18.8. The predicted octanol–water partition coefficient (Wildman–Crippen LogP) is 5.56. The molecule has 10 heteroatoms. The van der Waals surface area contributed by atoms with Crippen LogP contribution in [0.25, 0.3) is 22.6 Å². The second-order valence-electron chi connectivity index (χ2n) is 10.1. The van der Waals surface area contributed by atoms with Crippen LogP contribution in [0.3, 0.4) is 0 Å². The van der Waals surface area contributed by atoms with Gasteiger partial charge in [-0.2, -0.15) is 0 Å². The Morgan fingerprint density at radius 2 is 1.95 bits per heavy atom. The topological polar surface area (TPSA) is 122 Å². The zero-order valence-electron chi connectivity index (χ0n) is 22.0. The van der Waals surface area contributed by atoms with Crippen LogP contribution in [-0.4, -0.2) is 55.0 Å². The molecule has 1 unspecified atom stereocenters. The first-order valence-corrected chi connectivity index (χ1v) is 13.6. The lowest BCUT2D eigenvalue weighted by molar-refractivity contribution is 0.0684. The van der Waals surface area contributed by atoms with Gasteiger partial charge in [-0.25, -0.2) is 19.7 Å². The number of hydrogen-bond acceptors (Lipinski definition) is 7. The summed E-state index contributed by atoms with van der Waals surface area (Å²) in [5.74, 6) is 0.619. The highest BCUT2D eigenvalue weighted by molar-refractivity contribution is 6.30. The second-order valence-corrected chi connectivity index (χ2v) is 10.5. The Hall–Kier alpha value is -3.69. The number of benzene rings is 2. The lowest BCUT2D eigenvalue weighted by Crippen LogP contribution is -2.31. The standard InChI is InChI=1S/C29H32ClN5O4/c1-17-7-12-23(39-14-4-13-36)22(15-17)28-34-26-24(35(28)16-19-8-10-21(30)11-9-19)25(32-27(33-26)29(37)38)31-18(2)20-5-3-6-20/h7-12,15,18,20,36H,3-6,13-14,16H2,1-2H3,(H,37,38)(H,31,32,33). The third-order valence-corrected chi connectivity index (χ3v) is 7.46. The number of imidazole rings is 1. The number of aromatic carboxylic acids is 1. The monoisotopic (exact) mass is 549 g/mol. The minimum atomic E-state index is -1.21. The van der Waals surface area contributed by atoms with Crippen molar-refractivity contribution in [3.05, 3.63) is 64.4 Å². The van der Waals surface area contributed by atoms with Crippen molar-refractivity contribution in [1.82, 2.24) is 19.5 Å². The maximum atomic E-state index is 12.0. The van der Waals surface area contributed by atoms with Crippen LogP contribution in [0.1, 0.15) is 54.4 Å². The van der Waals surface area contributed by atoms with Crippen LogP contribution in [0.4, 0.5) is 5.82 Å². The van der Waals surface area contributed by atoms with Gasteiger partial charge in [0, 0.05) is 30.6 Å². The average molecular weight is 550 g/mol. The van der Waals surface area contributed by atoms with Gasteiger partial charge < -0.3 is 24.8 Å². The fourth-order valence-electron chi connectivity index (χ4n) is 4.83. The SMILES string of the molecule is Cc1ccc(OCCCO)c(-c2nc3nc(C(=O)O)nc(NC(C)C4CCC4)c3n2Cc2ccc(Cl)cc2)c1. The van der Waals surface area contributed by atoms with Gasteiger partial charge in [-0.3, -0.25) is 0 Å². The first kappa shape index (κ1) is 26.9. The fourth-order valence-corrected chi connectivity index (χ4v) is 4.95. The third kappa shape index (κ3) is 5.84. The van der Waals surface area contributed by atoms with Gasteiger partial charge in [-0.1, -0.05) is 41.8 Å². The number of fused-ring (bicyclic) bond motifs is 1. The molecule has 1 fully saturated rings. The number of aryl methyl sites for hydroxylation is 1. The van der Waals surface area contributed by atoms with Gasteiger partial charge in [0.2, 0.25) is 5.82 Å². The highest BCUT2D eigenvalue weighted by Crippen LogP contribution is 2.37. The van der Waals surface area contributed by atoms with E-state index in [1.54, 1.807) is 0 Å². The number of nitrogens with one attached hydrogen (secondary N) is 1. The number of rotatable bonds is 11. The number of anilines is 1. The molecule has 0 amide bonds. The van der Waals surface area contributed by atoms with Crippen LogP contribution < -0.4 is 10.1 Å². The molecule has 5 rings (SSSR count). The van der Waals surface area contributed by atoms with Crippen molar-refractivity contribution < 1.29 is 19.7 Å². The molecule has 1 atom stereocenters. The summed E-state index contributed by atoms with van der Waals surface area (Å²) in [6.45, 7) is 4.89. The molecule has 0 saturated heterocycles. The Labute approximate surface area is 231 Å². The molecule has 204 valence electrons. The zero-order chi connectivity index (χ0) is 27.5. The van der Waals surface area contributed by atoms with Gasteiger partial charge >= 0.3 is 5.97 Å². The van der Waals surface area contributed by atoms with E-state index < -0.39 is 5.97 Å². The second kappa shape index (κ2) is 11.6. The summed E-state index contributed by atoms with van der Waals surface area (Å²) in [5.41, 5.74) is 3.65. The van der Waals surface area contributed by atoms with Gasteiger partial charge in [-0.05, 0) is 62.4 Å². The fraction of sp³-hybridized carbons (Fsp3) is 0.379. The molecule has 39 heavy (non-hydrogen) atoms.